The van der Waals surface area contributed by atoms with E-state index in [0.717, 1.165) is 64.9 Å². The number of hydrogen-bond donors (Lipinski definition) is 0. The number of rotatable bonds is 2. The summed E-state index contributed by atoms with van der Waals surface area (Å²) in [6.45, 7) is 26.2. The third kappa shape index (κ3) is 5.71. The van der Waals surface area contributed by atoms with E-state index < -0.39 is 11.2 Å². The van der Waals surface area contributed by atoms with E-state index in [1.807, 2.05) is 0 Å². The maximum absolute atomic E-state index is 14.8. The standard InChI is InChI=1S/C44H51FO2S/c1-39(2,3)43(46-13,40(4,5)6)21-19-31-33-23-28-17-15-16-18-29(28)24-34(33)32(20-22-44(47-14,41(7,8)9)42(10,11)12)36-27-37-30(25-35(31)36)26-38(45)48-37/h15-18,23-27H,1-14H3. The number of methoxy groups -OCH3 is 2. The van der Waals surface area contributed by atoms with Crippen LogP contribution in [0.15, 0.2) is 54.6 Å². The van der Waals surface area contributed by atoms with E-state index in [-0.39, 0.29) is 26.8 Å². The number of thiophene rings is 1. The van der Waals surface area contributed by atoms with E-state index in [1.54, 1.807) is 20.3 Å². The summed E-state index contributed by atoms with van der Waals surface area (Å²) in [5.41, 5.74) is -0.882. The van der Waals surface area contributed by atoms with Crippen molar-refractivity contribution in [2.45, 2.75) is 94.3 Å². The van der Waals surface area contributed by atoms with Crippen molar-refractivity contribution >= 4 is 53.7 Å². The summed E-state index contributed by atoms with van der Waals surface area (Å²) in [5, 5.41) is 6.80. The number of fused-ring (bicyclic) bond motifs is 4. The van der Waals surface area contributed by atoms with Crippen LogP contribution in [0.4, 0.5) is 4.39 Å². The van der Waals surface area contributed by atoms with Gasteiger partial charge in [-0.1, -0.05) is 131 Å². The van der Waals surface area contributed by atoms with Crippen molar-refractivity contribution < 1.29 is 13.9 Å². The van der Waals surface area contributed by atoms with Crippen LogP contribution in [0.2, 0.25) is 0 Å². The van der Waals surface area contributed by atoms with Crippen molar-refractivity contribution in [1.29, 1.82) is 0 Å². The minimum atomic E-state index is -0.760. The van der Waals surface area contributed by atoms with Gasteiger partial charge in [0.15, 0.2) is 5.13 Å². The number of halogens is 1. The minimum Gasteiger partial charge on any atom is -0.364 e. The van der Waals surface area contributed by atoms with Crippen LogP contribution in [0.1, 0.15) is 94.2 Å². The molecular formula is C44H51FO2S. The molecule has 4 aromatic carbocycles. The Morgan fingerprint density at radius 3 is 1.23 bits per heavy atom. The number of hydrogen-bond acceptors (Lipinski definition) is 3. The first kappa shape index (κ1) is 35.9. The fourth-order valence-electron chi connectivity index (χ4n) is 8.31. The molecule has 0 saturated heterocycles. The Balaban J connectivity index is 2.04. The highest BCUT2D eigenvalue weighted by Gasteiger charge is 2.51. The third-order valence-corrected chi connectivity index (χ3v) is 11.0. The van der Waals surface area contributed by atoms with E-state index >= 15 is 0 Å². The van der Waals surface area contributed by atoms with Crippen molar-refractivity contribution in [1.82, 2.24) is 0 Å². The molecule has 2 nitrogen and oxygen atoms in total. The van der Waals surface area contributed by atoms with Crippen LogP contribution in [-0.2, 0) is 9.47 Å². The Morgan fingerprint density at radius 2 is 0.875 bits per heavy atom. The Kier molecular flexibility index (Phi) is 8.88. The molecule has 1 heterocycles. The second kappa shape index (κ2) is 11.9. The molecule has 252 valence electrons. The molecule has 0 N–H and O–H groups in total. The van der Waals surface area contributed by atoms with Crippen LogP contribution in [0.5, 0.6) is 0 Å². The van der Waals surface area contributed by atoms with Crippen molar-refractivity contribution in [2.24, 2.45) is 21.7 Å². The van der Waals surface area contributed by atoms with Crippen LogP contribution < -0.4 is 0 Å². The van der Waals surface area contributed by atoms with Gasteiger partial charge >= 0.3 is 0 Å². The molecule has 0 amide bonds. The summed E-state index contributed by atoms with van der Waals surface area (Å²) < 4.78 is 28.4. The zero-order chi connectivity index (χ0) is 35.7. The quantitative estimate of drug-likeness (QED) is 0.138. The maximum atomic E-state index is 14.8. The fraction of sp³-hybridized carbons (Fsp3) is 0.455. The summed E-state index contributed by atoms with van der Waals surface area (Å²) in [7, 11) is 3.52. The van der Waals surface area contributed by atoms with E-state index in [4.69, 9.17) is 9.47 Å². The van der Waals surface area contributed by atoms with Crippen LogP contribution in [0, 0.1) is 50.5 Å². The van der Waals surface area contributed by atoms with Gasteiger partial charge < -0.3 is 9.47 Å². The Morgan fingerprint density at radius 1 is 0.521 bits per heavy atom. The molecule has 0 spiro atoms. The topological polar surface area (TPSA) is 18.5 Å². The van der Waals surface area contributed by atoms with Gasteiger partial charge in [0.05, 0.1) is 0 Å². The average Bonchev–Trinajstić information content (AvgIpc) is 3.32. The first-order valence-electron chi connectivity index (χ1n) is 16.8. The third-order valence-electron chi connectivity index (χ3n) is 10.2. The zero-order valence-electron chi connectivity index (χ0n) is 31.3. The molecule has 0 aliphatic heterocycles. The van der Waals surface area contributed by atoms with E-state index in [2.05, 4.69) is 155 Å². The second-order valence-corrected chi connectivity index (χ2v) is 18.3. The molecule has 48 heavy (non-hydrogen) atoms. The van der Waals surface area contributed by atoms with Gasteiger partial charge in [0.2, 0.25) is 0 Å². The Hall–Kier alpha value is -3.41. The molecular weight excluding hydrogens is 612 g/mol. The lowest BCUT2D eigenvalue weighted by atomic mass is 9.62. The highest BCUT2D eigenvalue weighted by Crippen LogP contribution is 2.48. The first-order chi connectivity index (χ1) is 22.1. The summed E-state index contributed by atoms with van der Waals surface area (Å²) in [5.74, 6) is 14.8. The Bertz CT molecular complexity index is 1990. The molecule has 0 bridgehead atoms. The Labute approximate surface area is 291 Å². The van der Waals surface area contributed by atoms with Crippen LogP contribution in [0.3, 0.4) is 0 Å². The summed E-state index contributed by atoms with van der Waals surface area (Å²) in [6.07, 6.45) is 0. The van der Waals surface area contributed by atoms with Crippen LogP contribution >= 0.6 is 11.3 Å². The molecule has 0 aliphatic carbocycles. The summed E-state index contributed by atoms with van der Waals surface area (Å²) >= 11 is 1.16. The predicted octanol–water partition coefficient (Wildman–Crippen LogP) is 12.2. The summed E-state index contributed by atoms with van der Waals surface area (Å²) in [4.78, 5) is 0. The lowest BCUT2D eigenvalue weighted by Crippen LogP contribution is -2.53. The normalized spacial score (nSPS) is 13.6. The lowest BCUT2D eigenvalue weighted by Gasteiger charge is -2.48. The first-order valence-corrected chi connectivity index (χ1v) is 17.6. The lowest BCUT2D eigenvalue weighted by molar-refractivity contribution is -0.116. The van der Waals surface area contributed by atoms with E-state index in [9.17, 15) is 4.39 Å². The van der Waals surface area contributed by atoms with Crippen molar-refractivity contribution in [3.63, 3.8) is 0 Å². The second-order valence-electron chi connectivity index (χ2n) is 17.3. The SMILES string of the molecule is COC(C#Cc1c2cc3ccccc3cc2c(C#CC(OC)(C(C)(C)C)C(C)(C)C)c2cc3sc(F)cc3cc12)(C(C)(C)C)C(C)(C)C. The molecule has 4 heteroatoms. The molecule has 1 aromatic heterocycles. The van der Waals surface area contributed by atoms with Gasteiger partial charge in [0.1, 0.15) is 11.2 Å². The molecule has 0 saturated carbocycles. The minimum absolute atomic E-state index is 0.214. The largest absolute Gasteiger partial charge is 0.364 e. The average molecular weight is 663 g/mol. The van der Waals surface area contributed by atoms with Gasteiger partial charge in [0.25, 0.3) is 0 Å². The smallest absolute Gasteiger partial charge is 0.177 e. The predicted molar refractivity (Wildman–Crippen MR) is 205 cm³/mol. The number of benzene rings is 4. The van der Waals surface area contributed by atoms with Gasteiger partial charge in [-0.3, -0.25) is 0 Å². The number of ether oxygens (including phenoxy) is 2. The monoisotopic (exact) mass is 662 g/mol. The van der Waals surface area contributed by atoms with Gasteiger partial charge in [-0.2, -0.15) is 4.39 Å². The zero-order valence-corrected chi connectivity index (χ0v) is 32.1. The van der Waals surface area contributed by atoms with Gasteiger partial charge in [0, 0.05) is 57.1 Å². The van der Waals surface area contributed by atoms with Crippen molar-refractivity contribution in [3.8, 4) is 23.7 Å². The van der Waals surface area contributed by atoms with Gasteiger partial charge in [-0.25, -0.2) is 0 Å². The molecule has 5 rings (SSSR count). The highest BCUT2D eigenvalue weighted by atomic mass is 32.1. The molecule has 0 unspecified atom stereocenters. The highest BCUT2D eigenvalue weighted by molar-refractivity contribution is 7.17. The van der Waals surface area contributed by atoms with E-state index in [1.165, 1.54) is 0 Å². The van der Waals surface area contributed by atoms with Crippen LogP contribution in [-0.4, -0.2) is 25.4 Å². The molecule has 0 radical (unpaired) electrons. The van der Waals surface area contributed by atoms with Crippen LogP contribution in [0.25, 0.3) is 42.4 Å². The summed E-state index contributed by atoms with van der Waals surface area (Å²) in [6, 6.07) is 18.7. The molecule has 5 aromatic rings. The van der Waals surface area contributed by atoms with Crippen molar-refractivity contribution in [3.05, 3.63) is 70.9 Å². The molecule has 0 atom stereocenters. The molecule has 0 fully saturated rings. The molecule has 0 aliphatic rings. The fourth-order valence-corrected chi connectivity index (χ4v) is 9.12. The van der Waals surface area contributed by atoms with Crippen molar-refractivity contribution in [2.75, 3.05) is 14.2 Å². The van der Waals surface area contributed by atoms with Gasteiger partial charge in [-0.15, -0.1) is 11.3 Å². The van der Waals surface area contributed by atoms with E-state index in [0.29, 0.717) is 0 Å². The maximum Gasteiger partial charge on any atom is 0.177 e. The van der Waals surface area contributed by atoms with Gasteiger partial charge in [-0.05, 0) is 62.6 Å².